The van der Waals surface area contributed by atoms with E-state index >= 15 is 0 Å². The van der Waals surface area contributed by atoms with Gasteiger partial charge in [0.25, 0.3) is 0 Å². The molecule has 0 spiro atoms. The Labute approximate surface area is 126 Å². The van der Waals surface area contributed by atoms with Gasteiger partial charge in [0.05, 0.1) is 17.2 Å². The van der Waals surface area contributed by atoms with Gasteiger partial charge in [-0.05, 0) is 44.7 Å². The van der Waals surface area contributed by atoms with Gasteiger partial charge in [-0.1, -0.05) is 12.8 Å². The highest BCUT2D eigenvalue weighted by Crippen LogP contribution is 2.35. The van der Waals surface area contributed by atoms with Gasteiger partial charge in [-0.25, -0.2) is 9.67 Å². The molecule has 1 aliphatic rings. The van der Waals surface area contributed by atoms with Crippen LogP contribution in [0.1, 0.15) is 42.3 Å². The van der Waals surface area contributed by atoms with Crippen molar-refractivity contribution >= 4 is 43.2 Å². The minimum atomic E-state index is 0.598. The molecule has 18 heavy (non-hydrogen) atoms. The highest BCUT2D eigenvalue weighted by Gasteiger charge is 2.20. The van der Waals surface area contributed by atoms with Crippen LogP contribution in [0.5, 0.6) is 0 Å². The molecule has 0 bridgehead atoms. The van der Waals surface area contributed by atoms with Crippen LogP contribution in [0.25, 0.3) is 0 Å². The number of hydrogen-bond acceptors (Lipinski definition) is 4. The molecule has 0 amide bonds. The van der Waals surface area contributed by atoms with E-state index in [0.717, 1.165) is 10.4 Å². The highest BCUT2D eigenvalue weighted by atomic mass is 79.9. The predicted molar refractivity (Wildman–Crippen MR) is 77.8 cm³/mol. The van der Waals surface area contributed by atoms with Gasteiger partial charge in [0.15, 0.2) is 4.73 Å². The third kappa shape index (κ3) is 2.67. The average Bonchev–Trinajstić information content (AvgIpc) is 3.02. The predicted octanol–water partition coefficient (Wildman–Crippen LogP) is 3.97. The van der Waals surface area contributed by atoms with E-state index in [1.807, 2.05) is 0 Å². The summed E-state index contributed by atoms with van der Waals surface area (Å²) in [5.41, 5.74) is 1.07. The van der Waals surface area contributed by atoms with E-state index in [1.165, 1.54) is 30.7 Å². The SMILES string of the molecule is Brc1nc(Br)n(Cc2csc(C3CCCC3)n2)n1. The van der Waals surface area contributed by atoms with Crippen molar-refractivity contribution in [3.63, 3.8) is 0 Å². The fourth-order valence-corrected chi connectivity index (χ4v) is 4.26. The van der Waals surface area contributed by atoms with Gasteiger partial charge in [0.1, 0.15) is 0 Å². The van der Waals surface area contributed by atoms with Crippen molar-refractivity contribution in [2.45, 2.75) is 38.1 Å². The van der Waals surface area contributed by atoms with Gasteiger partial charge in [0.2, 0.25) is 4.73 Å². The van der Waals surface area contributed by atoms with E-state index in [-0.39, 0.29) is 0 Å². The average molecular weight is 392 g/mol. The van der Waals surface area contributed by atoms with E-state index in [2.05, 4.69) is 47.3 Å². The number of halogens is 2. The summed E-state index contributed by atoms with van der Waals surface area (Å²) in [5, 5.41) is 7.68. The third-order valence-electron chi connectivity index (χ3n) is 3.19. The molecule has 0 aromatic carbocycles. The lowest BCUT2D eigenvalue weighted by molar-refractivity contribution is 0.645. The Balaban J connectivity index is 1.75. The maximum Gasteiger partial charge on any atom is 0.218 e. The number of nitrogens with zero attached hydrogens (tertiary/aromatic N) is 4. The number of hydrogen-bond donors (Lipinski definition) is 0. The molecule has 0 radical (unpaired) electrons. The summed E-state index contributed by atoms with van der Waals surface area (Å²) >= 11 is 8.43. The first kappa shape index (κ1) is 12.7. The van der Waals surface area contributed by atoms with Crippen LogP contribution in [0.4, 0.5) is 0 Å². The second-order valence-corrected chi connectivity index (χ2v) is 6.77. The minimum Gasteiger partial charge on any atom is -0.244 e. The van der Waals surface area contributed by atoms with E-state index in [1.54, 1.807) is 16.0 Å². The molecule has 7 heteroatoms. The molecule has 0 atom stereocenters. The molecule has 4 nitrogen and oxygen atoms in total. The van der Waals surface area contributed by atoms with Crippen LogP contribution in [-0.4, -0.2) is 19.7 Å². The fraction of sp³-hybridized carbons (Fsp3) is 0.545. The van der Waals surface area contributed by atoms with Crippen molar-refractivity contribution in [3.05, 3.63) is 25.5 Å². The molecule has 2 aromatic heterocycles. The van der Waals surface area contributed by atoms with Crippen molar-refractivity contribution in [2.75, 3.05) is 0 Å². The van der Waals surface area contributed by atoms with Gasteiger partial charge < -0.3 is 0 Å². The maximum atomic E-state index is 4.73. The fourth-order valence-electron chi connectivity index (χ4n) is 2.31. The van der Waals surface area contributed by atoms with Gasteiger partial charge in [-0.2, -0.15) is 4.98 Å². The second kappa shape index (κ2) is 5.38. The van der Waals surface area contributed by atoms with E-state index in [9.17, 15) is 0 Å². The Bertz CT molecular complexity index is 545. The van der Waals surface area contributed by atoms with Crippen molar-refractivity contribution in [3.8, 4) is 0 Å². The zero-order valence-corrected chi connectivity index (χ0v) is 13.6. The lowest BCUT2D eigenvalue weighted by atomic mass is 10.1. The van der Waals surface area contributed by atoms with Gasteiger partial charge in [-0.15, -0.1) is 16.4 Å². The normalized spacial score (nSPS) is 16.6. The molecular weight excluding hydrogens is 380 g/mol. The van der Waals surface area contributed by atoms with Crippen LogP contribution in [0.3, 0.4) is 0 Å². The molecule has 0 saturated heterocycles. The van der Waals surface area contributed by atoms with Crippen molar-refractivity contribution in [1.29, 1.82) is 0 Å². The topological polar surface area (TPSA) is 43.6 Å². The minimum absolute atomic E-state index is 0.598. The molecule has 2 aromatic rings. The molecule has 0 aliphatic heterocycles. The van der Waals surface area contributed by atoms with Crippen molar-refractivity contribution < 1.29 is 0 Å². The smallest absolute Gasteiger partial charge is 0.218 e. The molecule has 0 unspecified atom stereocenters. The van der Waals surface area contributed by atoms with Crippen molar-refractivity contribution in [1.82, 2.24) is 19.7 Å². The Morgan fingerprint density at radius 2 is 2.06 bits per heavy atom. The van der Waals surface area contributed by atoms with Crippen LogP contribution in [0.2, 0.25) is 0 Å². The molecule has 3 rings (SSSR count). The largest absolute Gasteiger partial charge is 0.244 e. The molecule has 2 heterocycles. The van der Waals surface area contributed by atoms with Crippen LogP contribution < -0.4 is 0 Å². The summed E-state index contributed by atoms with van der Waals surface area (Å²) in [5.74, 6) is 0.690. The molecule has 96 valence electrons. The molecule has 1 saturated carbocycles. The summed E-state index contributed by atoms with van der Waals surface area (Å²) in [6.45, 7) is 0.669. The molecule has 0 N–H and O–H groups in total. The second-order valence-electron chi connectivity index (χ2n) is 4.47. The Kier molecular flexibility index (Phi) is 3.81. The van der Waals surface area contributed by atoms with E-state index in [0.29, 0.717) is 17.2 Å². The zero-order valence-electron chi connectivity index (χ0n) is 9.64. The highest BCUT2D eigenvalue weighted by molar-refractivity contribution is 9.11. The van der Waals surface area contributed by atoms with Crippen LogP contribution in [0, 0.1) is 0 Å². The zero-order chi connectivity index (χ0) is 12.5. The van der Waals surface area contributed by atoms with Gasteiger partial charge in [0, 0.05) is 11.3 Å². The quantitative estimate of drug-likeness (QED) is 0.795. The number of thiazole rings is 1. The molecular formula is C11H12Br2N4S. The van der Waals surface area contributed by atoms with Gasteiger partial charge in [-0.3, -0.25) is 0 Å². The summed E-state index contributed by atoms with van der Waals surface area (Å²) in [6, 6.07) is 0. The van der Waals surface area contributed by atoms with E-state index < -0.39 is 0 Å². The monoisotopic (exact) mass is 390 g/mol. The third-order valence-corrected chi connectivity index (χ3v) is 5.17. The Morgan fingerprint density at radius 3 is 2.72 bits per heavy atom. The maximum absolute atomic E-state index is 4.73. The summed E-state index contributed by atoms with van der Waals surface area (Å²) in [7, 11) is 0. The lowest BCUT2D eigenvalue weighted by Crippen LogP contribution is -2.03. The van der Waals surface area contributed by atoms with Crippen LogP contribution in [0.15, 0.2) is 14.8 Å². The lowest BCUT2D eigenvalue weighted by Gasteiger charge is -2.03. The van der Waals surface area contributed by atoms with E-state index in [4.69, 9.17) is 4.98 Å². The summed E-state index contributed by atoms with van der Waals surface area (Å²) < 4.78 is 3.13. The number of aromatic nitrogens is 4. The first-order valence-electron chi connectivity index (χ1n) is 5.92. The summed E-state index contributed by atoms with van der Waals surface area (Å²) in [4.78, 5) is 8.88. The Morgan fingerprint density at radius 1 is 1.28 bits per heavy atom. The van der Waals surface area contributed by atoms with Crippen molar-refractivity contribution in [2.24, 2.45) is 0 Å². The summed E-state index contributed by atoms with van der Waals surface area (Å²) in [6.07, 6.45) is 5.29. The number of rotatable bonds is 3. The standard InChI is InChI=1S/C11H12Br2N4S/c12-10-15-11(13)17(16-10)5-8-6-18-9(14-8)7-3-1-2-4-7/h6-7H,1-5H2. The first-order valence-corrected chi connectivity index (χ1v) is 8.39. The van der Waals surface area contributed by atoms with Crippen LogP contribution >= 0.6 is 43.2 Å². The Hall–Kier alpha value is -0.270. The molecule has 1 aliphatic carbocycles. The van der Waals surface area contributed by atoms with Crippen LogP contribution in [-0.2, 0) is 6.54 Å². The van der Waals surface area contributed by atoms with Gasteiger partial charge >= 0.3 is 0 Å². The molecule has 1 fully saturated rings. The first-order chi connectivity index (χ1) is 8.72.